The second-order valence-electron chi connectivity index (χ2n) is 8.91. The molecule has 32 heavy (non-hydrogen) atoms. The van der Waals surface area contributed by atoms with Crippen molar-refractivity contribution in [3.05, 3.63) is 34.8 Å². The number of methoxy groups -OCH3 is 2. The molecule has 2 aliphatic heterocycles. The minimum Gasteiger partial charge on any atom is -0.497 e. The molecule has 2 aromatic rings. The highest BCUT2D eigenvalue weighted by molar-refractivity contribution is 7.17. The minimum absolute atomic E-state index is 0.0877. The lowest BCUT2D eigenvalue weighted by Crippen LogP contribution is -2.52. The maximum Gasteiger partial charge on any atom is 0.265 e. The van der Waals surface area contributed by atoms with E-state index in [-0.39, 0.29) is 5.91 Å². The average molecular weight is 458 g/mol. The molecule has 1 aromatic carbocycles. The summed E-state index contributed by atoms with van der Waals surface area (Å²) < 4.78 is 10.6. The van der Waals surface area contributed by atoms with Crippen molar-refractivity contribution in [2.45, 2.75) is 45.1 Å². The van der Waals surface area contributed by atoms with Gasteiger partial charge in [-0.3, -0.25) is 4.79 Å². The van der Waals surface area contributed by atoms with Gasteiger partial charge in [0.1, 0.15) is 15.6 Å². The molecule has 0 bridgehead atoms. The highest BCUT2D eigenvalue weighted by Gasteiger charge is 2.35. The van der Waals surface area contributed by atoms with E-state index in [1.165, 1.54) is 56.5 Å². The molecule has 3 heterocycles. The number of aromatic nitrogens is 1. The molecule has 6 nitrogen and oxygen atoms in total. The molecular weight excluding hydrogens is 422 g/mol. The maximum absolute atomic E-state index is 13.7. The first-order valence-electron chi connectivity index (χ1n) is 11.7. The van der Waals surface area contributed by atoms with E-state index in [0.29, 0.717) is 25.1 Å². The van der Waals surface area contributed by atoms with Crippen LogP contribution in [0.3, 0.4) is 0 Å². The smallest absolute Gasteiger partial charge is 0.265 e. The molecule has 2 aliphatic rings. The van der Waals surface area contributed by atoms with Crippen molar-refractivity contribution in [1.82, 2.24) is 14.8 Å². The first-order chi connectivity index (χ1) is 15.6. The van der Waals surface area contributed by atoms with Crippen LogP contribution in [0.2, 0.25) is 0 Å². The molecule has 7 heteroatoms. The summed E-state index contributed by atoms with van der Waals surface area (Å²) in [5, 5.41) is 0.872. The summed E-state index contributed by atoms with van der Waals surface area (Å²) in [7, 11) is 3.36. The van der Waals surface area contributed by atoms with E-state index in [1.54, 1.807) is 14.2 Å². The molecule has 2 saturated heterocycles. The topological polar surface area (TPSA) is 54.9 Å². The van der Waals surface area contributed by atoms with Gasteiger partial charge >= 0.3 is 0 Å². The van der Waals surface area contributed by atoms with Gasteiger partial charge in [0.05, 0.1) is 19.4 Å². The lowest BCUT2D eigenvalue weighted by atomic mass is 9.83. The zero-order chi connectivity index (χ0) is 22.5. The van der Waals surface area contributed by atoms with Gasteiger partial charge in [0, 0.05) is 31.8 Å². The minimum atomic E-state index is 0.0877. The monoisotopic (exact) mass is 457 g/mol. The fourth-order valence-corrected chi connectivity index (χ4v) is 6.19. The van der Waals surface area contributed by atoms with Crippen LogP contribution in [0.5, 0.6) is 5.75 Å². The van der Waals surface area contributed by atoms with Crippen molar-refractivity contribution >= 4 is 17.2 Å². The number of hydrogen-bond acceptors (Lipinski definition) is 6. The molecule has 0 aliphatic carbocycles. The average Bonchev–Trinajstić information content (AvgIpc) is 3.23. The van der Waals surface area contributed by atoms with E-state index in [1.807, 2.05) is 36.1 Å². The number of carbonyl (C=O) groups excluding carboxylic acids is 1. The van der Waals surface area contributed by atoms with Gasteiger partial charge in [-0.25, -0.2) is 4.98 Å². The van der Waals surface area contributed by atoms with Crippen molar-refractivity contribution in [3.8, 4) is 16.3 Å². The zero-order valence-corrected chi connectivity index (χ0v) is 20.3. The standard InChI is InChI=1S/C25H35N3O3S/c1-18-23(32-24(26-18)19-9-11-21(31-3)12-10-19)25(29)28(15-16-30-2)17-20-7-6-14-27-13-5-4-8-22(20)27/h9-12,20,22H,4-8,13-17H2,1-3H3. The first kappa shape index (κ1) is 23.2. The molecule has 4 rings (SSSR count). The third-order valence-corrected chi connectivity index (χ3v) is 8.06. The van der Waals surface area contributed by atoms with Crippen molar-refractivity contribution in [2.75, 3.05) is 47.0 Å². The third-order valence-electron chi connectivity index (χ3n) is 6.86. The Morgan fingerprint density at radius 1 is 1.16 bits per heavy atom. The molecular formula is C25H35N3O3S. The summed E-state index contributed by atoms with van der Waals surface area (Å²) in [5.41, 5.74) is 1.81. The van der Waals surface area contributed by atoms with Crippen LogP contribution in [-0.4, -0.2) is 73.7 Å². The predicted octanol–water partition coefficient (Wildman–Crippen LogP) is 4.48. The number of aryl methyl sites for hydroxylation is 1. The maximum atomic E-state index is 13.7. The Morgan fingerprint density at radius 3 is 2.69 bits per heavy atom. The molecule has 2 unspecified atom stereocenters. The third kappa shape index (κ3) is 5.16. The Morgan fingerprint density at radius 2 is 1.94 bits per heavy atom. The van der Waals surface area contributed by atoms with Gasteiger partial charge in [0.15, 0.2) is 0 Å². The van der Waals surface area contributed by atoms with Crippen LogP contribution in [0, 0.1) is 12.8 Å². The number of rotatable bonds is 8. The Kier molecular flexibility index (Phi) is 7.81. The number of amides is 1. The van der Waals surface area contributed by atoms with E-state index in [4.69, 9.17) is 14.5 Å². The van der Waals surface area contributed by atoms with E-state index >= 15 is 0 Å². The summed E-state index contributed by atoms with van der Waals surface area (Å²) in [6.45, 7) is 6.34. The van der Waals surface area contributed by atoms with Gasteiger partial charge in [0.2, 0.25) is 0 Å². The summed E-state index contributed by atoms with van der Waals surface area (Å²) >= 11 is 1.49. The van der Waals surface area contributed by atoms with E-state index < -0.39 is 0 Å². The van der Waals surface area contributed by atoms with Gasteiger partial charge in [0.25, 0.3) is 5.91 Å². The highest BCUT2D eigenvalue weighted by Crippen LogP contribution is 2.33. The fourth-order valence-electron chi connectivity index (χ4n) is 5.15. The van der Waals surface area contributed by atoms with Crippen molar-refractivity contribution < 1.29 is 14.3 Å². The Labute approximate surface area is 195 Å². The lowest BCUT2D eigenvalue weighted by Gasteiger charge is -2.45. The summed E-state index contributed by atoms with van der Waals surface area (Å²) in [6.07, 6.45) is 6.32. The number of hydrogen-bond donors (Lipinski definition) is 0. The number of ether oxygens (including phenoxy) is 2. The summed E-state index contributed by atoms with van der Waals surface area (Å²) in [5.74, 6) is 1.44. The molecule has 2 fully saturated rings. The molecule has 174 valence electrons. The molecule has 0 radical (unpaired) electrons. The van der Waals surface area contributed by atoms with Gasteiger partial charge in [-0.1, -0.05) is 6.42 Å². The van der Waals surface area contributed by atoms with Gasteiger partial charge in [-0.05, 0) is 75.9 Å². The van der Waals surface area contributed by atoms with Gasteiger partial charge < -0.3 is 19.3 Å². The number of fused-ring (bicyclic) bond motifs is 1. The van der Waals surface area contributed by atoms with E-state index in [9.17, 15) is 4.79 Å². The molecule has 1 aromatic heterocycles. The number of thiazole rings is 1. The van der Waals surface area contributed by atoms with E-state index in [2.05, 4.69) is 4.90 Å². The number of piperidine rings is 2. The van der Waals surface area contributed by atoms with Crippen molar-refractivity contribution in [2.24, 2.45) is 5.92 Å². The normalized spacial score (nSPS) is 21.2. The second-order valence-corrected chi connectivity index (χ2v) is 9.91. The predicted molar refractivity (Wildman–Crippen MR) is 129 cm³/mol. The van der Waals surface area contributed by atoms with Crippen LogP contribution in [0.25, 0.3) is 10.6 Å². The lowest BCUT2D eigenvalue weighted by molar-refractivity contribution is 0.0317. The van der Waals surface area contributed by atoms with Crippen LogP contribution < -0.4 is 4.74 Å². The van der Waals surface area contributed by atoms with Gasteiger partial charge in [-0.2, -0.15) is 0 Å². The number of benzene rings is 1. The van der Waals surface area contributed by atoms with E-state index in [0.717, 1.165) is 33.4 Å². The number of nitrogens with zero attached hydrogens (tertiary/aromatic N) is 3. The Bertz CT molecular complexity index is 896. The SMILES string of the molecule is COCCN(CC1CCCN2CCCCC12)C(=O)c1sc(-c2ccc(OC)cc2)nc1C. The molecule has 1 amide bonds. The fraction of sp³-hybridized carbons (Fsp3) is 0.600. The number of carbonyl (C=O) groups is 1. The Balaban J connectivity index is 1.53. The molecule has 0 spiro atoms. The van der Waals surface area contributed by atoms with Crippen LogP contribution >= 0.6 is 11.3 Å². The van der Waals surface area contributed by atoms with Crippen LogP contribution in [0.4, 0.5) is 0 Å². The summed E-state index contributed by atoms with van der Waals surface area (Å²) in [4.78, 5) is 23.8. The molecule has 0 N–H and O–H groups in total. The summed E-state index contributed by atoms with van der Waals surface area (Å²) in [6, 6.07) is 8.46. The zero-order valence-electron chi connectivity index (χ0n) is 19.5. The molecule has 0 saturated carbocycles. The van der Waals surface area contributed by atoms with Crippen LogP contribution in [0.1, 0.15) is 47.5 Å². The quantitative estimate of drug-likeness (QED) is 0.585. The van der Waals surface area contributed by atoms with Crippen LogP contribution in [-0.2, 0) is 4.74 Å². The Hall–Kier alpha value is -1.96. The second kappa shape index (κ2) is 10.8. The van der Waals surface area contributed by atoms with Crippen molar-refractivity contribution in [3.63, 3.8) is 0 Å². The highest BCUT2D eigenvalue weighted by atomic mass is 32.1. The largest absolute Gasteiger partial charge is 0.497 e. The molecule has 2 atom stereocenters. The van der Waals surface area contributed by atoms with Crippen LogP contribution in [0.15, 0.2) is 24.3 Å². The van der Waals surface area contributed by atoms with Crippen molar-refractivity contribution in [1.29, 1.82) is 0 Å². The first-order valence-corrected chi connectivity index (χ1v) is 12.6. The van der Waals surface area contributed by atoms with Gasteiger partial charge in [-0.15, -0.1) is 11.3 Å².